The summed E-state index contributed by atoms with van der Waals surface area (Å²) in [5.74, 6) is 0.745. The van der Waals surface area contributed by atoms with Gasteiger partial charge in [0.25, 0.3) is 0 Å². The molecule has 1 fully saturated rings. The molecule has 2 rings (SSSR count). The molecule has 1 unspecified atom stereocenters. The summed E-state index contributed by atoms with van der Waals surface area (Å²) >= 11 is 0. The Morgan fingerprint density at radius 1 is 1.24 bits per heavy atom. The van der Waals surface area contributed by atoms with Crippen LogP contribution in [0.25, 0.3) is 0 Å². The minimum Gasteiger partial charge on any atom is -0.392 e. The number of hydrogen-bond acceptors (Lipinski definition) is 2. The van der Waals surface area contributed by atoms with E-state index in [-0.39, 0.29) is 6.61 Å². The molecule has 0 amide bonds. The van der Waals surface area contributed by atoms with Crippen molar-refractivity contribution in [1.82, 2.24) is 4.90 Å². The van der Waals surface area contributed by atoms with Crippen LogP contribution in [0.5, 0.6) is 0 Å². The van der Waals surface area contributed by atoms with Gasteiger partial charge in [-0.2, -0.15) is 0 Å². The van der Waals surface area contributed by atoms with Crippen molar-refractivity contribution in [3.05, 3.63) is 35.4 Å². The van der Waals surface area contributed by atoms with Crippen LogP contribution < -0.4 is 0 Å². The third kappa shape index (κ3) is 3.08. The summed E-state index contributed by atoms with van der Waals surface area (Å²) in [4.78, 5) is 2.60. The molecule has 0 spiro atoms. The van der Waals surface area contributed by atoms with Crippen LogP contribution >= 0.6 is 0 Å². The van der Waals surface area contributed by atoms with Gasteiger partial charge in [-0.05, 0) is 36.4 Å². The summed E-state index contributed by atoms with van der Waals surface area (Å²) in [5.41, 5.74) is 2.35. The van der Waals surface area contributed by atoms with Gasteiger partial charge in [-0.3, -0.25) is 4.90 Å². The Labute approximate surface area is 104 Å². The van der Waals surface area contributed by atoms with Gasteiger partial charge in [-0.15, -0.1) is 0 Å². The third-order valence-corrected chi connectivity index (χ3v) is 3.77. The highest BCUT2D eigenvalue weighted by Gasteiger charge is 2.26. The quantitative estimate of drug-likeness (QED) is 0.864. The van der Waals surface area contributed by atoms with Gasteiger partial charge in [-0.25, -0.2) is 0 Å². The van der Waals surface area contributed by atoms with Crippen molar-refractivity contribution < 1.29 is 5.11 Å². The third-order valence-electron chi connectivity index (χ3n) is 3.77. The summed E-state index contributed by atoms with van der Waals surface area (Å²) < 4.78 is 0. The number of aliphatic hydroxyl groups is 1. The van der Waals surface area contributed by atoms with Crippen molar-refractivity contribution in [1.29, 1.82) is 0 Å². The minimum atomic E-state index is 0.138. The summed E-state index contributed by atoms with van der Waals surface area (Å²) in [6.07, 6.45) is 2.67. The normalized spacial score (nSPS) is 21.3. The van der Waals surface area contributed by atoms with Crippen LogP contribution in [0, 0.1) is 5.92 Å². The highest BCUT2D eigenvalue weighted by Crippen LogP contribution is 2.25. The Bertz CT molecular complexity index is 344. The average Bonchev–Trinajstić information content (AvgIpc) is 2.78. The van der Waals surface area contributed by atoms with Gasteiger partial charge < -0.3 is 5.11 Å². The number of rotatable bonds is 4. The summed E-state index contributed by atoms with van der Waals surface area (Å²) in [7, 11) is 0. The first kappa shape index (κ1) is 12.6. The Kier molecular flexibility index (Phi) is 4.19. The molecular formula is C15H23NO. The van der Waals surface area contributed by atoms with E-state index in [2.05, 4.69) is 30.9 Å². The van der Waals surface area contributed by atoms with Crippen LogP contribution in [0.15, 0.2) is 24.3 Å². The second-order valence-electron chi connectivity index (χ2n) is 5.40. The van der Waals surface area contributed by atoms with Crippen molar-refractivity contribution in [3.8, 4) is 0 Å². The van der Waals surface area contributed by atoms with Crippen LogP contribution in [0.4, 0.5) is 0 Å². The van der Waals surface area contributed by atoms with Crippen LogP contribution in [0.3, 0.4) is 0 Å². The van der Waals surface area contributed by atoms with Crippen molar-refractivity contribution in [2.45, 2.75) is 45.9 Å². The molecule has 0 radical (unpaired) electrons. The first-order valence-electron chi connectivity index (χ1n) is 6.63. The monoisotopic (exact) mass is 233 g/mol. The van der Waals surface area contributed by atoms with E-state index in [0.717, 1.165) is 24.1 Å². The molecule has 0 aromatic heterocycles. The van der Waals surface area contributed by atoms with Gasteiger partial charge in [0.1, 0.15) is 0 Å². The van der Waals surface area contributed by atoms with E-state index >= 15 is 0 Å². The van der Waals surface area contributed by atoms with Crippen LogP contribution in [0.2, 0.25) is 0 Å². The fourth-order valence-corrected chi connectivity index (χ4v) is 2.79. The van der Waals surface area contributed by atoms with Crippen molar-refractivity contribution in [2.75, 3.05) is 6.54 Å². The first-order valence-corrected chi connectivity index (χ1v) is 6.63. The second-order valence-corrected chi connectivity index (χ2v) is 5.40. The Balaban J connectivity index is 1.99. The standard InChI is InChI=1S/C15H23NO/c1-12(2)15-4-3-9-16(15)10-13-5-7-14(11-17)8-6-13/h5-8,12,15,17H,3-4,9-11H2,1-2H3. The van der Waals surface area contributed by atoms with Crippen LogP contribution in [-0.2, 0) is 13.2 Å². The topological polar surface area (TPSA) is 23.5 Å². The number of benzene rings is 1. The zero-order valence-electron chi connectivity index (χ0n) is 10.9. The number of aliphatic hydroxyl groups excluding tert-OH is 1. The zero-order chi connectivity index (χ0) is 12.3. The number of hydrogen-bond donors (Lipinski definition) is 1. The fourth-order valence-electron chi connectivity index (χ4n) is 2.79. The molecule has 0 bridgehead atoms. The Hall–Kier alpha value is -0.860. The molecular weight excluding hydrogens is 210 g/mol. The van der Waals surface area contributed by atoms with E-state index in [4.69, 9.17) is 5.11 Å². The van der Waals surface area contributed by atoms with E-state index in [1.165, 1.54) is 24.9 Å². The van der Waals surface area contributed by atoms with E-state index in [0.29, 0.717) is 0 Å². The maximum Gasteiger partial charge on any atom is 0.0681 e. The largest absolute Gasteiger partial charge is 0.392 e. The maximum atomic E-state index is 9.02. The molecule has 2 heteroatoms. The maximum absolute atomic E-state index is 9.02. The van der Waals surface area contributed by atoms with Gasteiger partial charge in [0.05, 0.1) is 6.61 Å². The Morgan fingerprint density at radius 3 is 2.47 bits per heavy atom. The number of likely N-dealkylation sites (tertiary alicyclic amines) is 1. The molecule has 94 valence electrons. The highest BCUT2D eigenvalue weighted by molar-refractivity contribution is 5.22. The zero-order valence-corrected chi connectivity index (χ0v) is 10.9. The van der Waals surface area contributed by atoms with Crippen molar-refractivity contribution in [2.24, 2.45) is 5.92 Å². The van der Waals surface area contributed by atoms with Gasteiger partial charge in [-0.1, -0.05) is 38.1 Å². The van der Waals surface area contributed by atoms with Crippen molar-refractivity contribution >= 4 is 0 Å². The molecule has 1 aromatic rings. The van der Waals surface area contributed by atoms with Gasteiger partial charge >= 0.3 is 0 Å². The SMILES string of the molecule is CC(C)C1CCCN1Cc1ccc(CO)cc1. The predicted octanol–water partition coefficient (Wildman–Crippen LogP) is 2.80. The van der Waals surface area contributed by atoms with Gasteiger partial charge in [0, 0.05) is 12.6 Å². The lowest BCUT2D eigenvalue weighted by molar-refractivity contribution is 0.199. The lowest BCUT2D eigenvalue weighted by Crippen LogP contribution is -2.32. The van der Waals surface area contributed by atoms with E-state index in [9.17, 15) is 0 Å². The smallest absolute Gasteiger partial charge is 0.0681 e. The summed E-state index contributed by atoms with van der Waals surface area (Å²) in [5, 5.41) is 9.02. The van der Waals surface area contributed by atoms with E-state index in [1.54, 1.807) is 0 Å². The average molecular weight is 233 g/mol. The predicted molar refractivity (Wildman–Crippen MR) is 70.6 cm³/mol. The molecule has 1 aliphatic rings. The lowest BCUT2D eigenvalue weighted by Gasteiger charge is -2.27. The molecule has 1 aliphatic heterocycles. The highest BCUT2D eigenvalue weighted by atomic mass is 16.3. The fraction of sp³-hybridized carbons (Fsp3) is 0.600. The summed E-state index contributed by atoms with van der Waals surface area (Å²) in [6.45, 7) is 7.05. The minimum absolute atomic E-state index is 0.138. The van der Waals surface area contributed by atoms with Crippen LogP contribution in [-0.4, -0.2) is 22.6 Å². The molecule has 1 N–H and O–H groups in total. The van der Waals surface area contributed by atoms with Gasteiger partial charge in [0.15, 0.2) is 0 Å². The van der Waals surface area contributed by atoms with Crippen LogP contribution in [0.1, 0.15) is 37.8 Å². The molecule has 1 saturated heterocycles. The molecule has 1 atom stereocenters. The molecule has 17 heavy (non-hydrogen) atoms. The number of nitrogens with zero attached hydrogens (tertiary/aromatic N) is 1. The Morgan fingerprint density at radius 2 is 1.88 bits per heavy atom. The molecule has 0 aliphatic carbocycles. The first-order chi connectivity index (χ1) is 8.20. The summed E-state index contributed by atoms with van der Waals surface area (Å²) in [6, 6.07) is 9.07. The lowest BCUT2D eigenvalue weighted by atomic mass is 10.0. The van der Waals surface area contributed by atoms with Gasteiger partial charge in [0.2, 0.25) is 0 Å². The molecule has 2 nitrogen and oxygen atoms in total. The van der Waals surface area contributed by atoms with E-state index < -0.39 is 0 Å². The molecule has 1 aromatic carbocycles. The second kappa shape index (κ2) is 5.65. The van der Waals surface area contributed by atoms with E-state index in [1.807, 2.05) is 12.1 Å². The molecule has 1 heterocycles. The molecule has 0 saturated carbocycles. The van der Waals surface area contributed by atoms with Crippen molar-refractivity contribution in [3.63, 3.8) is 0 Å².